The lowest BCUT2D eigenvalue weighted by Gasteiger charge is -2.29. The summed E-state index contributed by atoms with van der Waals surface area (Å²) in [5.41, 5.74) is 1.23. The number of carbonyl (C=O) groups is 2. The van der Waals surface area contributed by atoms with E-state index in [1.54, 1.807) is 49.4 Å². The highest BCUT2D eigenvalue weighted by molar-refractivity contribution is 7.92. The van der Waals surface area contributed by atoms with Gasteiger partial charge in [0.15, 0.2) is 0 Å². The Morgan fingerprint density at radius 2 is 1.70 bits per heavy atom. The first kappa shape index (κ1) is 26.3. The largest absolute Gasteiger partial charge is 0.354 e. The van der Waals surface area contributed by atoms with Crippen LogP contribution < -0.4 is 9.62 Å². The lowest BCUT2D eigenvalue weighted by molar-refractivity contribution is -0.140. The van der Waals surface area contributed by atoms with Crippen molar-refractivity contribution in [3.05, 3.63) is 66.0 Å². The molecule has 1 N–H and O–H groups in total. The number of carbonyl (C=O) groups excluding carboxylic acids is 2. The standard InChI is InChI=1S/C24H32FN3O4S/c1-4-16-26-24(30)19(2)27(18-20-12-14-21(25)15-13-20)23(29)11-8-17-28(33(3,31)32)22-9-6-5-7-10-22/h5-7,9-10,12-15,19H,4,8,11,16-18H2,1-3H3,(H,26,30)/t19-/m0/s1. The Morgan fingerprint density at radius 3 is 2.27 bits per heavy atom. The molecule has 0 radical (unpaired) electrons. The topological polar surface area (TPSA) is 86.8 Å². The van der Waals surface area contributed by atoms with Crippen molar-refractivity contribution >= 4 is 27.5 Å². The summed E-state index contributed by atoms with van der Waals surface area (Å²) in [4.78, 5) is 27.1. The molecule has 33 heavy (non-hydrogen) atoms. The highest BCUT2D eigenvalue weighted by Crippen LogP contribution is 2.18. The molecule has 2 aromatic rings. The Kier molecular flexibility index (Phi) is 9.84. The van der Waals surface area contributed by atoms with Crippen molar-refractivity contribution in [2.75, 3.05) is 23.7 Å². The highest BCUT2D eigenvalue weighted by Gasteiger charge is 2.26. The molecule has 0 spiro atoms. The van der Waals surface area contributed by atoms with Crippen LogP contribution in [0.15, 0.2) is 54.6 Å². The maximum absolute atomic E-state index is 13.3. The molecule has 2 amide bonds. The van der Waals surface area contributed by atoms with Crippen molar-refractivity contribution in [3.8, 4) is 0 Å². The van der Waals surface area contributed by atoms with Gasteiger partial charge in [0.1, 0.15) is 11.9 Å². The van der Waals surface area contributed by atoms with Gasteiger partial charge >= 0.3 is 0 Å². The van der Waals surface area contributed by atoms with E-state index in [4.69, 9.17) is 0 Å². The number of anilines is 1. The molecule has 0 aromatic heterocycles. The third-order valence-corrected chi connectivity index (χ3v) is 6.37. The van der Waals surface area contributed by atoms with E-state index < -0.39 is 16.1 Å². The molecule has 2 rings (SSSR count). The van der Waals surface area contributed by atoms with Crippen LogP contribution in [0.4, 0.5) is 10.1 Å². The molecule has 7 nitrogen and oxygen atoms in total. The maximum atomic E-state index is 13.3. The van der Waals surface area contributed by atoms with Gasteiger partial charge in [-0.05, 0) is 49.6 Å². The summed E-state index contributed by atoms with van der Waals surface area (Å²) >= 11 is 0. The third-order valence-electron chi connectivity index (χ3n) is 5.18. The Balaban J connectivity index is 2.12. The van der Waals surface area contributed by atoms with Gasteiger partial charge in [-0.1, -0.05) is 37.3 Å². The molecule has 0 bridgehead atoms. The second-order valence-electron chi connectivity index (χ2n) is 7.89. The molecule has 2 aromatic carbocycles. The summed E-state index contributed by atoms with van der Waals surface area (Å²) in [5.74, 6) is -0.929. The number of rotatable bonds is 12. The molecule has 0 aliphatic carbocycles. The Hall–Kier alpha value is -2.94. The zero-order chi connectivity index (χ0) is 24.4. The van der Waals surface area contributed by atoms with Crippen molar-refractivity contribution in [2.45, 2.75) is 45.7 Å². The maximum Gasteiger partial charge on any atom is 0.242 e. The van der Waals surface area contributed by atoms with Gasteiger partial charge in [-0.3, -0.25) is 13.9 Å². The van der Waals surface area contributed by atoms with Crippen LogP contribution in [0.3, 0.4) is 0 Å². The van der Waals surface area contributed by atoms with Crippen molar-refractivity contribution in [1.82, 2.24) is 10.2 Å². The summed E-state index contributed by atoms with van der Waals surface area (Å²) in [5, 5.41) is 2.80. The number of sulfonamides is 1. The predicted molar refractivity (Wildman–Crippen MR) is 128 cm³/mol. The second kappa shape index (κ2) is 12.3. The van der Waals surface area contributed by atoms with Crippen LogP contribution in [-0.2, 0) is 26.2 Å². The van der Waals surface area contributed by atoms with E-state index in [-0.39, 0.29) is 43.6 Å². The van der Waals surface area contributed by atoms with Gasteiger partial charge in [0, 0.05) is 26.1 Å². The van der Waals surface area contributed by atoms with E-state index in [9.17, 15) is 22.4 Å². The Labute approximate surface area is 195 Å². The minimum atomic E-state index is -3.52. The summed E-state index contributed by atoms with van der Waals surface area (Å²) in [6.07, 6.45) is 2.24. The normalized spacial score (nSPS) is 12.1. The quantitative estimate of drug-likeness (QED) is 0.508. The molecule has 180 valence electrons. The molecule has 0 unspecified atom stereocenters. The second-order valence-corrected chi connectivity index (χ2v) is 9.80. The van der Waals surface area contributed by atoms with Gasteiger partial charge in [0.2, 0.25) is 21.8 Å². The molecular formula is C24H32FN3O4S. The molecule has 0 heterocycles. The van der Waals surface area contributed by atoms with Gasteiger partial charge in [-0.2, -0.15) is 0 Å². The summed E-state index contributed by atoms with van der Waals surface area (Å²) in [6, 6.07) is 13.7. The first-order valence-corrected chi connectivity index (χ1v) is 12.8. The minimum absolute atomic E-state index is 0.0610. The molecule has 0 saturated heterocycles. The SMILES string of the molecule is CCCNC(=O)[C@H](C)N(Cc1ccc(F)cc1)C(=O)CCCN(c1ccccc1)S(C)(=O)=O. The Morgan fingerprint density at radius 1 is 1.06 bits per heavy atom. The first-order chi connectivity index (χ1) is 15.6. The fraction of sp³-hybridized carbons (Fsp3) is 0.417. The van der Waals surface area contributed by atoms with E-state index in [2.05, 4.69) is 5.32 Å². The lowest BCUT2D eigenvalue weighted by atomic mass is 10.1. The van der Waals surface area contributed by atoms with Gasteiger partial charge < -0.3 is 10.2 Å². The van der Waals surface area contributed by atoms with Crippen molar-refractivity contribution in [3.63, 3.8) is 0 Å². The molecule has 0 aliphatic rings. The van der Waals surface area contributed by atoms with Crippen LogP contribution in [0.5, 0.6) is 0 Å². The van der Waals surface area contributed by atoms with Crippen molar-refractivity contribution in [1.29, 1.82) is 0 Å². The number of nitrogens with zero attached hydrogens (tertiary/aromatic N) is 2. The predicted octanol–water partition coefficient (Wildman–Crippen LogP) is 3.32. The molecule has 0 aliphatic heterocycles. The average Bonchev–Trinajstić information content (AvgIpc) is 2.79. The van der Waals surface area contributed by atoms with Crippen LogP contribution >= 0.6 is 0 Å². The van der Waals surface area contributed by atoms with E-state index in [1.807, 2.05) is 6.92 Å². The lowest BCUT2D eigenvalue weighted by Crippen LogP contribution is -2.47. The van der Waals surface area contributed by atoms with Gasteiger partial charge in [0.25, 0.3) is 0 Å². The first-order valence-electron chi connectivity index (χ1n) is 11.0. The van der Waals surface area contributed by atoms with E-state index in [0.29, 0.717) is 17.8 Å². The number of hydrogen-bond acceptors (Lipinski definition) is 4. The monoisotopic (exact) mass is 477 g/mol. The van der Waals surface area contributed by atoms with Crippen molar-refractivity contribution in [2.24, 2.45) is 0 Å². The van der Waals surface area contributed by atoms with E-state index >= 15 is 0 Å². The van der Waals surface area contributed by atoms with Crippen LogP contribution in [0, 0.1) is 5.82 Å². The molecule has 0 saturated carbocycles. The molecule has 1 atom stereocenters. The number of amides is 2. The Bertz CT molecular complexity index is 1010. The average molecular weight is 478 g/mol. The molecular weight excluding hydrogens is 445 g/mol. The van der Waals surface area contributed by atoms with Crippen LogP contribution in [0.25, 0.3) is 0 Å². The summed E-state index contributed by atoms with van der Waals surface area (Å²) in [7, 11) is -3.52. The van der Waals surface area contributed by atoms with Crippen molar-refractivity contribution < 1.29 is 22.4 Å². The van der Waals surface area contributed by atoms with Gasteiger partial charge in [-0.15, -0.1) is 0 Å². The molecule has 9 heteroatoms. The van der Waals surface area contributed by atoms with Crippen LogP contribution in [-0.4, -0.2) is 50.5 Å². The summed E-state index contributed by atoms with van der Waals surface area (Å²) < 4.78 is 39.1. The number of benzene rings is 2. The van der Waals surface area contributed by atoms with Crippen LogP contribution in [0.2, 0.25) is 0 Å². The molecule has 0 fully saturated rings. The highest BCUT2D eigenvalue weighted by atomic mass is 32.2. The zero-order valence-corrected chi connectivity index (χ0v) is 20.1. The van der Waals surface area contributed by atoms with E-state index in [1.165, 1.54) is 21.3 Å². The number of nitrogens with one attached hydrogen (secondary N) is 1. The summed E-state index contributed by atoms with van der Waals surface area (Å²) in [6.45, 7) is 4.37. The van der Waals surface area contributed by atoms with E-state index in [0.717, 1.165) is 12.7 Å². The van der Waals surface area contributed by atoms with Gasteiger partial charge in [-0.25, -0.2) is 12.8 Å². The fourth-order valence-corrected chi connectivity index (χ4v) is 4.33. The number of para-hydroxylation sites is 1. The smallest absolute Gasteiger partial charge is 0.242 e. The third kappa shape index (κ3) is 8.16. The zero-order valence-electron chi connectivity index (χ0n) is 19.3. The van der Waals surface area contributed by atoms with Gasteiger partial charge in [0.05, 0.1) is 11.9 Å². The van der Waals surface area contributed by atoms with Crippen LogP contribution in [0.1, 0.15) is 38.7 Å². The number of halogens is 1. The minimum Gasteiger partial charge on any atom is -0.354 e. The fourth-order valence-electron chi connectivity index (χ4n) is 3.36. The number of hydrogen-bond donors (Lipinski definition) is 1.